The van der Waals surface area contributed by atoms with Gasteiger partial charge in [0.2, 0.25) is 0 Å². The molecule has 1 unspecified atom stereocenters. The van der Waals surface area contributed by atoms with E-state index >= 15 is 0 Å². The third-order valence-electron chi connectivity index (χ3n) is 3.74. The number of hydrogen-bond acceptors (Lipinski definition) is 3. The third kappa shape index (κ3) is 4.42. The summed E-state index contributed by atoms with van der Waals surface area (Å²) in [6.07, 6.45) is 2.40. The smallest absolute Gasteiger partial charge is 0.387 e. The van der Waals surface area contributed by atoms with Crippen molar-refractivity contribution in [1.82, 2.24) is 9.80 Å². The molecule has 0 spiro atoms. The summed E-state index contributed by atoms with van der Waals surface area (Å²) in [5.41, 5.74) is 1.02. The first kappa shape index (κ1) is 15.2. The highest BCUT2D eigenvalue weighted by Crippen LogP contribution is 2.20. The van der Waals surface area contributed by atoms with Crippen molar-refractivity contribution >= 4 is 0 Å². The Morgan fingerprint density at radius 2 is 2.20 bits per heavy atom. The summed E-state index contributed by atoms with van der Waals surface area (Å²) in [6.45, 7) is 0.0977. The molecule has 1 aromatic rings. The normalized spacial score (nSPS) is 20.6. The molecule has 0 amide bonds. The molecule has 1 saturated heterocycles. The quantitative estimate of drug-likeness (QED) is 0.827. The van der Waals surface area contributed by atoms with Gasteiger partial charge in [-0.15, -0.1) is 0 Å². The van der Waals surface area contributed by atoms with Gasteiger partial charge in [-0.1, -0.05) is 12.1 Å². The van der Waals surface area contributed by atoms with E-state index in [2.05, 4.69) is 28.6 Å². The van der Waals surface area contributed by atoms with E-state index in [0.717, 1.165) is 25.2 Å². The summed E-state index contributed by atoms with van der Waals surface area (Å²) in [7, 11) is 4.20. The Kier molecular flexibility index (Phi) is 5.31. The minimum absolute atomic E-state index is 0.235. The van der Waals surface area contributed by atoms with Gasteiger partial charge in [-0.2, -0.15) is 8.78 Å². The van der Waals surface area contributed by atoms with Crippen LogP contribution in [0.2, 0.25) is 0 Å². The minimum Gasteiger partial charge on any atom is -0.435 e. The van der Waals surface area contributed by atoms with Gasteiger partial charge < -0.3 is 9.64 Å². The molecule has 2 rings (SSSR count). The lowest BCUT2D eigenvalue weighted by atomic mass is 10.0. The first-order valence-electron chi connectivity index (χ1n) is 6.97. The number of alkyl halides is 2. The van der Waals surface area contributed by atoms with Crippen molar-refractivity contribution in [2.75, 3.05) is 27.2 Å². The van der Waals surface area contributed by atoms with E-state index in [-0.39, 0.29) is 5.75 Å². The van der Waals surface area contributed by atoms with E-state index in [1.807, 2.05) is 6.07 Å². The number of likely N-dealkylation sites (tertiary alicyclic amines) is 1. The van der Waals surface area contributed by atoms with E-state index in [0.29, 0.717) is 6.04 Å². The van der Waals surface area contributed by atoms with Crippen LogP contribution in [0, 0.1) is 0 Å². The predicted molar refractivity (Wildman–Crippen MR) is 75.1 cm³/mol. The molecule has 1 aliphatic heterocycles. The standard InChI is InChI=1S/C15H22F2N2O/c1-18(2)13-6-4-8-19(11-13)10-12-5-3-7-14(9-12)20-15(16)17/h3,5,7,9,13,15H,4,6,8,10-11H2,1-2H3. The Bertz CT molecular complexity index is 426. The minimum atomic E-state index is -2.77. The Hall–Kier alpha value is -1.20. The van der Waals surface area contributed by atoms with Crippen molar-refractivity contribution in [3.05, 3.63) is 29.8 Å². The monoisotopic (exact) mass is 284 g/mol. The Morgan fingerprint density at radius 3 is 2.90 bits per heavy atom. The van der Waals surface area contributed by atoms with Gasteiger partial charge >= 0.3 is 6.61 Å². The Balaban J connectivity index is 1.95. The van der Waals surface area contributed by atoms with Crippen molar-refractivity contribution < 1.29 is 13.5 Å². The molecular formula is C15H22F2N2O. The molecule has 0 aromatic heterocycles. The predicted octanol–water partition coefficient (Wildman–Crippen LogP) is 2.81. The van der Waals surface area contributed by atoms with Crippen LogP contribution in [0.15, 0.2) is 24.3 Å². The summed E-state index contributed by atoms with van der Waals surface area (Å²) < 4.78 is 28.9. The molecule has 1 atom stereocenters. The summed E-state index contributed by atoms with van der Waals surface area (Å²) in [4.78, 5) is 4.62. The number of benzene rings is 1. The molecule has 0 bridgehead atoms. The highest BCUT2D eigenvalue weighted by atomic mass is 19.3. The lowest BCUT2D eigenvalue weighted by Gasteiger charge is -2.36. The van der Waals surface area contributed by atoms with Crippen LogP contribution in [0.1, 0.15) is 18.4 Å². The molecular weight excluding hydrogens is 262 g/mol. The van der Waals surface area contributed by atoms with Crippen molar-refractivity contribution in [2.45, 2.75) is 32.0 Å². The number of halogens is 2. The van der Waals surface area contributed by atoms with Crippen LogP contribution >= 0.6 is 0 Å². The molecule has 112 valence electrons. The molecule has 0 N–H and O–H groups in total. The maximum absolute atomic E-state index is 12.2. The van der Waals surface area contributed by atoms with Crippen LogP contribution < -0.4 is 4.74 Å². The van der Waals surface area contributed by atoms with Crippen molar-refractivity contribution in [1.29, 1.82) is 0 Å². The summed E-state index contributed by atoms with van der Waals surface area (Å²) >= 11 is 0. The molecule has 1 fully saturated rings. The van der Waals surface area contributed by atoms with E-state index < -0.39 is 6.61 Å². The molecule has 1 heterocycles. The highest BCUT2D eigenvalue weighted by Gasteiger charge is 2.21. The maximum Gasteiger partial charge on any atom is 0.387 e. The van der Waals surface area contributed by atoms with Crippen molar-refractivity contribution in [2.24, 2.45) is 0 Å². The second-order valence-corrected chi connectivity index (χ2v) is 5.52. The van der Waals surface area contributed by atoms with Crippen molar-refractivity contribution in [3.8, 4) is 5.75 Å². The second-order valence-electron chi connectivity index (χ2n) is 5.52. The summed E-state index contributed by atoms with van der Waals surface area (Å²) in [5.74, 6) is 0.235. The Morgan fingerprint density at radius 1 is 1.40 bits per heavy atom. The van der Waals surface area contributed by atoms with E-state index in [1.54, 1.807) is 18.2 Å². The molecule has 5 heteroatoms. The number of likely N-dealkylation sites (N-methyl/N-ethyl adjacent to an activating group) is 1. The average molecular weight is 284 g/mol. The molecule has 20 heavy (non-hydrogen) atoms. The molecule has 1 aliphatic rings. The van der Waals surface area contributed by atoms with Gasteiger partial charge in [0.15, 0.2) is 0 Å². The maximum atomic E-state index is 12.2. The number of nitrogens with zero attached hydrogens (tertiary/aromatic N) is 2. The average Bonchev–Trinajstić information content (AvgIpc) is 2.38. The SMILES string of the molecule is CN(C)C1CCCN(Cc2cccc(OC(F)F)c2)C1. The van der Waals surface area contributed by atoms with Gasteiger partial charge in [0.25, 0.3) is 0 Å². The van der Waals surface area contributed by atoms with E-state index in [1.165, 1.54) is 12.8 Å². The first-order valence-corrected chi connectivity index (χ1v) is 6.97. The van der Waals surface area contributed by atoms with Gasteiger partial charge in [0.05, 0.1) is 0 Å². The third-order valence-corrected chi connectivity index (χ3v) is 3.74. The van der Waals surface area contributed by atoms with Crippen LogP contribution in [0.4, 0.5) is 8.78 Å². The van der Waals surface area contributed by atoms with E-state index in [4.69, 9.17) is 0 Å². The topological polar surface area (TPSA) is 15.7 Å². The fourth-order valence-corrected chi connectivity index (χ4v) is 2.67. The number of ether oxygens (including phenoxy) is 1. The zero-order valence-corrected chi connectivity index (χ0v) is 12.1. The van der Waals surface area contributed by atoms with E-state index in [9.17, 15) is 8.78 Å². The molecule has 3 nitrogen and oxygen atoms in total. The first-order chi connectivity index (χ1) is 9.54. The van der Waals surface area contributed by atoms with Gasteiger partial charge in [-0.05, 0) is 51.2 Å². The number of hydrogen-bond donors (Lipinski definition) is 0. The van der Waals surface area contributed by atoms with Crippen LogP contribution in [-0.2, 0) is 6.54 Å². The molecule has 1 aromatic carbocycles. The molecule has 0 radical (unpaired) electrons. The van der Waals surface area contributed by atoms with Crippen molar-refractivity contribution in [3.63, 3.8) is 0 Å². The Labute approximate surface area is 119 Å². The highest BCUT2D eigenvalue weighted by molar-refractivity contribution is 5.28. The molecule has 0 saturated carbocycles. The van der Waals surface area contributed by atoms with Gasteiger partial charge in [0, 0.05) is 19.1 Å². The summed E-state index contributed by atoms with van der Waals surface area (Å²) in [6, 6.07) is 7.56. The summed E-state index contributed by atoms with van der Waals surface area (Å²) in [5, 5.41) is 0. The lowest BCUT2D eigenvalue weighted by Crippen LogP contribution is -2.44. The lowest BCUT2D eigenvalue weighted by molar-refractivity contribution is -0.0499. The van der Waals surface area contributed by atoms with Gasteiger partial charge in [0.1, 0.15) is 5.75 Å². The molecule has 0 aliphatic carbocycles. The van der Waals surface area contributed by atoms with Crippen LogP contribution in [0.3, 0.4) is 0 Å². The fourth-order valence-electron chi connectivity index (χ4n) is 2.67. The van der Waals surface area contributed by atoms with Crippen LogP contribution in [0.5, 0.6) is 5.75 Å². The number of piperidine rings is 1. The largest absolute Gasteiger partial charge is 0.435 e. The van der Waals surface area contributed by atoms with Crippen LogP contribution in [0.25, 0.3) is 0 Å². The van der Waals surface area contributed by atoms with Gasteiger partial charge in [-0.25, -0.2) is 0 Å². The zero-order chi connectivity index (χ0) is 14.5. The fraction of sp³-hybridized carbons (Fsp3) is 0.600. The number of rotatable bonds is 5. The second kappa shape index (κ2) is 6.99. The van der Waals surface area contributed by atoms with Gasteiger partial charge in [-0.3, -0.25) is 4.90 Å². The van der Waals surface area contributed by atoms with Crippen LogP contribution in [-0.4, -0.2) is 49.6 Å². The zero-order valence-electron chi connectivity index (χ0n) is 12.1.